The third-order valence-corrected chi connectivity index (χ3v) is 4.30. The molecule has 2 amide bonds. The Balaban J connectivity index is -0.00000190. The second kappa shape index (κ2) is 26.1. The van der Waals surface area contributed by atoms with Crippen LogP contribution in [0.2, 0.25) is 0 Å². The van der Waals surface area contributed by atoms with E-state index in [9.17, 15) is 14.4 Å². The maximum atomic E-state index is 11.7. The third-order valence-electron chi connectivity index (χ3n) is 4.30. The summed E-state index contributed by atoms with van der Waals surface area (Å²) in [6.07, 6.45) is 6.49. The van der Waals surface area contributed by atoms with Crippen LogP contribution in [0.1, 0.15) is 85.5 Å². The van der Waals surface area contributed by atoms with Crippen molar-refractivity contribution in [3.05, 3.63) is 41.0 Å². The van der Waals surface area contributed by atoms with Crippen LogP contribution in [-0.2, 0) is 14.4 Å². The Morgan fingerprint density at radius 3 is 1.84 bits per heavy atom. The molecule has 0 heterocycles. The normalized spacial score (nSPS) is 9.45. The standard InChI is InChI=1S/C22H34N2O3.C2H6.2Rb/c1-18(2)20(25)14-8-4-9-15-21(26)23-17-11-5-10-16-22(27)24-19-12-6-3-7-13-19;1-2;;/h3,6-7,12-13,18H,4-5,8-11,14-17H2,1-2H3,(H2,23,24,26,27);1-2H3;;/q;;2*+1/p-2. The number of hydrogen-bond donors (Lipinski definition) is 0. The molecule has 0 saturated heterocycles. The van der Waals surface area contributed by atoms with Gasteiger partial charge in [0.15, 0.2) is 0 Å². The van der Waals surface area contributed by atoms with Gasteiger partial charge in [-0.3, -0.25) is 4.79 Å². The number of ketones is 1. The minimum absolute atomic E-state index is 0. The Bertz CT molecular complexity index is 581. The van der Waals surface area contributed by atoms with Crippen LogP contribution in [0.4, 0.5) is 5.69 Å². The SMILES string of the molecule is CC.CC(C)C(=O)CCCCCC(=O)[N-]CCCCCC(=O)[N-]c1ccccc1.[Rb+].[Rb+]. The molecule has 0 N–H and O–H groups in total. The molecular weight excluding hydrogens is 535 g/mol. The molecule has 164 valence electrons. The molecule has 0 spiro atoms. The maximum absolute atomic E-state index is 11.7. The van der Waals surface area contributed by atoms with Crippen molar-refractivity contribution in [2.75, 3.05) is 6.54 Å². The average Bonchev–Trinajstić information content (AvgIpc) is 2.72. The summed E-state index contributed by atoms with van der Waals surface area (Å²) in [6.45, 7) is 8.35. The Kier molecular flexibility index (Phi) is 31.1. The van der Waals surface area contributed by atoms with Crippen LogP contribution in [0, 0.1) is 5.92 Å². The minimum atomic E-state index is -0.106. The largest absolute Gasteiger partial charge is 1.00 e. The summed E-state index contributed by atoms with van der Waals surface area (Å²) in [5, 5.41) is 8.09. The summed E-state index contributed by atoms with van der Waals surface area (Å²) in [5.41, 5.74) is 0.691. The quantitative estimate of drug-likeness (QED) is 0.310. The predicted octanol–water partition coefficient (Wildman–Crippen LogP) is 0.889. The molecule has 0 bridgehead atoms. The van der Waals surface area contributed by atoms with Crippen LogP contribution >= 0.6 is 0 Å². The third kappa shape index (κ3) is 23.0. The zero-order valence-corrected chi connectivity index (χ0v) is 30.5. The molecule has 0 atom stereocenters. The van der Waals surface area contributed by atoms with E-state index in [0.717, 1.165) is 38.5 Å². The van der Waals surface area contributed by atoms with E-state index in [4.69, 9.17) is 0 Å². The van der Waals surface area contributed by atoms with Crippen molar-refractivity contribution in [2.45, 2.75) is 85.5 Å². The number of hydrogen-bond acceptors (Lipinski definition) is 3. The van der Waals surface area contributed by atoms with E-state index in [1.807, 2.05) is 58.0 Å². The van der Waals surface area contributed by atoms with Crippen molar-refractivity contribution in [3.63, 3.8) is 0 Å². The molecule has 7 heteroatoms. The van der Waals surface area contributed by atoms with Gasteiger partial charge in [0.05, 0.1) is 11.8 Å². The van der Waals surface area contributed by atoms with E-state index in [1.54, 1.807) is 0 Å². The zero-order valence-electron chi connectivity index (χ0n) is 20.7. The van der Waals surface area contributed by atoms with Gasteiger partial charge >= 0.3 is 116 Å². The number of rotatable bonds is 14. The summed E-state index contributed by atoms with van der Waals surface area (Å²) >= 11 is 0. The van der Waals surface area contributed by atoms with E-state index in [1.165, 1.54) is 0 Å². The van der Waals surface area contributed by atoms with Gasteiger partial charge in [0.1, 0.15) is 5.78 Å². The molecule has 0 aliphatic carbocycles. The van der Waals surface area contributed by atoms with Crippen LogP contribution in [0.15, 0.2) is 30.3 Å². The molecule has 0 aliphatic rings. The number of benzene rings is 1. The topological polar surface area (TPSA) is 79.4 Å². The Labute approximate surface area is 287 Å². The number of para-hydroxylation sites is 1. The van der Waals surface area contributed by atoms with Gasteiger partial charge in [0, 0.05) is 12.3 Å². The molecule has 0 saturated carbocycles. The molecule has 5 nitrogen and oxygen atoms in total. The van der Waals surface area contributed by atoms with Crippen molar-refractivity contribution < 1.29 is 131 Å². The van der Waals surface area contributed by atoms with Crippen LogP contribution < -0.4 is 116 Å². The van der Waals surface area contributed by atoms with Crippen molar-refractivity contribution in [1.29, 1.82) is 0 Å². The van der Waals surface area contributed by atoms with Gasteiger partial charge < -0.3 is 20.2 Å². The molecule has 1 aromatic rings. The predicted molar refractivity (Wildman–Crippen MR) is 120 cm³/mol. The first-order chi connectivity index (χ1) is 14.0. The Hall–Kier alpha value is 1.44. The molecule has 1 aromatic carbocycles. The number of carbonyl (C=O) groups excluding carboxylic acids is 3. The summed E-state index contributed by atoms with van der Waals surface area (Å²) in [6, 6.07) is 9.23. The van der Waals surface area contributed by atoms with Gasteiger partial charge in [0.25, 0.3) is 0 Å². The van der Waals surface area contributed by atoms with Gasteiger partial charge in [-0.1, -0.05) is 77.3 Å². The van der Waals surface area contributed by atoms with Gasteiger partial charge in [-0.25, -0.2) is 0 Å². The average molecular weight is 574 g/mol. The smallest absolute Gasteiger partial charge is 0.653 e. The number of Topliss-reactive ketones (excluding diaryl/α,β-unsaturated/α-hetero) is 1. The van der Waals surface area contributed by atoms with Crippen LogP contribution in [0.25, 0.3) is 10.6 Å². The van der Waals surface area contributed by atoms with Crippen LogP contribution in [-0.4, -0.2) is 24.1 Å². The fourth-order valence-corrected chi connectivity index (χ4v) is 2.59. The Morgan fingerprint density at radius 1 is 0.742 bits per heavy atom. The van der Waals surface area contributed by atoms with Crippen molar-refractivity contribution in [1.82, 2.24) is 0 Å². The molecule has 0 aliphatic heterocycles. The first-order valence-corrected chi connectivity index (χ1v) is 11.0. The minimum Gasteiger partial charge on any atom is -0.653 e. The summed E-state index contributed by atoms with van der Waals surface area (Å²) in [4.78, 5) is 34.9. The second-order valence-corrected chi connectivity index (χ2v) is 7.11. The van der Waals surface area contributed by atoms with E-state index < -0.39 is 0 Å². The summed E-state index contributed by atoms with van der Waals surface area (Å²) in [7, 11) is 0. The molecule has 31 heavy (non-hydrogen) atoms. The molecule has 0 fully saturated rings. The monoisotopic (exact) mass is 572 g/mol. The first kappa shape index (κ1) is 37.0. The second-order valence-electron chi connectivity index (χ2n) is 7.11. The molecule has 0 unspecified atom stereocenters. The van der Waals surface area contributed by atoms with E-state index in [0.29, 0.717) is 37.3 Å². The van der Waals surface area contributed by atoms with Crippen LogP contribution in [0.3, 0.4) is 0 Å². The van der Waals surface area contributed by atoms with Crippen molar-refractivity contribution in [3.8, 4) is 0 Å². The molecule has 0 radical (unpaired) electrons. The molecule has 0 aromatic heterocycles. The fraction of sp³-hybridized carbons (Fsp3) is 0.625. The Morgan fingerprint density at radius 2 is 1.26 bits per heavy atom. The van der Waals surface area contributed by atoms with Crippen LogP contribution in [0.5, 0.6) is 0 Å². The summed E-state index contributed by atoms with van der Waals surface area (Å²) in [5.74, 6) is 0.232. The number of carbonyl (C=O) groups is 3. The number of amides is 2. The van der Waals surface area contributed by atoms with E-state index in [-0.39, 0.29) is 134 Å². The zero-order chi connectivity index (χ0) is 21.9. The molecule has 1 rings (SSSR count). The van der Waals surface area contributed by atoms with Gasteiger partial charge in [-0.05, 0) is 32.1 Å². The van der Waals surface area contributed by atoms with E-state index >= 15 is 0 Å². The summed E-state index contributed by atoms with van der Waals surface area (Å²) < 4.78 is 0. The van der Waals surface area contributed by atoms with Crippen molar-refractivity contribution >= 4 is 23.3 Å². The maximum Gasteiger partial charge on any atom is 1.00 e. The van der Waals surface area contributed by atoms with Gasteiger partial charge in [-0.2, -0.15) is 0 Å². The van der Waals surface area contributed by atoms with Gasteiger partial charge in [0.2, 0.25) is 0 Å². The van der Waals surface area contributed by atoms with E-state index in [2.05, 4.69) is 10.6 Å². The van der Waals surface area contributed by atoms with Crippen molar-refractivity contribution in [2.24, 2.45) is 5.92 Å². The van der Waals surface area contributed by atoms with Gasteiger partial charge in [-0.15, -0.1) is 12.2 Å². The number of unbranched alkanes of at least 4 members (excludes halogenated alkanes) is 4. The first-order valence-electron chi connectivity index (χ1n) is 11.0. The number of nitrogens with zero attached hydrogens (tertiary/aromatic N) is 2. The fourth-order valence-electron chi connectivity index (χ4n) is 2.59. The molecular formula is C24H38N2O3Rb2.